The topological polar surface area (TPSA) is 99.9 Å². The standard InChI is InChI=1S/C15H9BrF3N5O2/c16-11-12(8-6-10(24(25)26)14(20)21-7-8)23(9-4-2-1-3-5-9)22-13(11)15(17,18)19/h1-7H,(H2,20,21). The molecule has 11 heteroatoms. The second-order valence-corrected chi connectivity index (χ2v) is 5.93. The van der Waals surface area contributed by atoms with Crippen molar-refractivity contribution in [3.8, 4) is 16.9 Å². The molecule has 0 aliphatic carbocycles. The summed E-state index contributed by atoms with van der Waals surface area (Å²) >= 11 is 2.92. The van der Waals surface area contributed by atoms with Gasteiger partial charge < -0.3 is 5.73 Å². The van der Waals surface area contributed by atoms with Crippen LogP contribution in [-0.2, 0) is 6.18 Å². The van der Waals surface area contributed by atoms with Crippen LogP contribution in [0.1, 0.15) is 5.69 Å². The number of benzene rings is 1. The van der Waals surface area contributed by atoms with E-state index in [1.165, 1.54) is 0 Å². The van der Waals surface area contributed by atoms with Crippen molar-refractivity contribution in [1.82, 2.24) is 14.8 Å². The average Bonchev–Trinajstić information content (AvgIpc) is 2.93. The molecule has 3 aromatic rings. The van der Waals surface area contributed by atoms with Crippen molar-refractivity contribution in [2.24, 2.45) is 0 Å². The normalized spacial score (nSPS) is 11.5. The van der Waals surface area contributed by atoms with Gasteiger partial charge in [-0.3, -0.25) is 10.1 Å². The summed E-state index contributed by atoms with van der Waals surface area (Å²) in [5.74, 6) is -0.336. The summed E-state index contributed by atoms with van der Waals surface area (Å²) in [7, 11) is 0. The summed E-state index contributed by atoms with van der Waals surface area (Å²) in [5.41, 5.74) is 4.17. The Balaban J connectivity index is 2.32. The number of pyridine rings is 1. The molecule has 0 saturated carbocycles. The first-order valence-electron chi connectivity index (χ1n) is 7.01. The molecule has 1 aromatic carbocycles. The lowest BCUT2D eigenvalue weighted by Gasteiger charge is -2.08. The Hall–Kier alpha value is -2.95. The molecule has 0 aliphatic heterocycles. The van der Waals surface area contributed by atoms with Gasteiger partial charge in [-0.25, -0.2) is 9.67 Å². The van der Waals surface area contributed by atoms with E-state index in [9.17, 15) is 23.3 Å². The maximum absolute atomic E-state index is 13.3. The number of anilines is 1. The maximum atomic E-state index is 13.3. The molecule has 0 aliphatic rings. The first kappa shape index (κ1) is 17.9. The van der Waals surface area contributed by atoms with Gasteiger partial charge in [-0.15, -0.1) is 0 Å². The van der Waals surface area contributed by atoms with E-state index in [1.54, 1.807) is 30.3 Å². The third kappa shape index (κ3) is 3.12. The van der Waals surface area contributed by atoms with Crippen LogP contribution in [0.15, 0.2) is 47.1 Å². The number of nitrogens with two attached hydrogens (primary N) is 1. The van der Waals surface area contributed by atoms with E-state index in [0.29, 0.717) is 5.69 Å². The van der Waals surface area contributed by atoms with Gasteiger partial charge in [0.25, 0.3) is 0 Å². The number of alkyl halides is 3. The predicted octanol–water partition coefficient (Wildman–Crippen LogP) is 4.21. The quantitative estimate of drug-likeness (QED) is 0.498. The minimum absolute atomic E-state index is 0.0286. The third-order valence-corrected chi connectivity index (χ3v) is 4.22. The van der Waals surface area contributed by atoms with E-state index in [4.69, 9.17) is 5.73 Å². The third-order valence-electron chi connectivity index (χ3n) is 3.46. The van der Waals surface area contributed by atoms with Crippen LogP contribution >= 0.6 is 15.9 Å². The van der Waals surface area contributed by atoms with Crippen molar-refractivity contribution in [2.75, 3.05) is 5.73 Å². The minimum atomic E-state index is -4.72. The Kier molecular flexibility index (Phi) is 4.40. The van der Waals surface area contributed by atoms with E-state index in [0.717, 1.165) is 16.9 Å². The summed E-state index contributed by atoms with van der Waals surface area (Å²) in [4.78, 5) is 14.0. The van der Waals surface area contributed by atoms with Crippen LogP contribution < -0.4 is 5.73 Å². The fourth-order valence-electron chi connectivity index (χ4n) is 2.32. The smallest absolute Gasteiger partial charge is 0.378 e. The highest BCUT2D eigenvalue weighted by atomic mass is 79.9. The van der Waals surface area contributed by atoms with Crippen LogP contribution in [0.3, 0.4) is 0 Å². The van der Waals surface area contributed by atoms with E-state index < -0.39 is 22.5 Å². The molecular formula is C15H9BrF3N5O2. The molecule has 2 aromatic heterocycles. The number of nitrogens with zero attached hydrogens (tertiary/aromatic N) is 4. The summed E-state index contributed by atoms with van der Waals surface area (Å²) in [6.07, 6.45) is -3.56. The van der Waals surface area contributed by atoms with E-state index in [-0.39, 0.29) is 21.5 Å². The van der Waals surface area contributed by atoms with Crippen LogP contribution in [-0.4, -0.2) is 19.7 Å². The van der Waals surface area contributed by atoms with Crippen molar-refractivity contribution >= 4 is 27.4 Å². The summed E-state index contributed by atoms with van der Waals surface area (Å²) in [5, 5.41) is 14.7. The van der Waals surface area contributed by atoms with E-state index in [2.05, 4.69) is 26.0 Å². The van der Waals surface area contributed by atoms with Gasteiger partial charge in [0.2, 0.25) is 5.82 Å². The molecule has 3 rings (SSSR count). The van der Waals surface area contributed by atoms with Gasteiger partial charge >= 0.3 is 11.9 Å². The Morgan fingerprint density at radius 2 is 1.88 bits per heavy atom. The molecule has 2 N–H and O–H groups in total. The molecule has 0 unspecified atom stereocenters. The zero-order valence-corrected chi connectivity index (χ0v) is 14.3. The average molecular weight is 428 g/mol. The number of nitro groups is 1. The van der Waals surface area contributed by atoms with E-state index >= 15 is 0 Å². The van der Waals surface area contributed by atoms with Crippen LogP contribution in [0.4, 0.5) is 24.7 Å². The molecule has 7 nitrogen and oxygen atoms in total. The van der Waals surface area contributed by atoms with Crippen molar-refractivity contribution in [3.05, 3.63) is 62.9 Å². The number of halogens is 4. The number of para-hydroxylation sites is 1. The maximum Gasteiger partial charge on any atom is 0.436 e. The number of hydrogen-bond acceptors (Lipinski definition) is 5. The molecule has 0 fully saturated rings. The van der Waals surface area contributed by atoms with Crippen LogP contribution in [0.5, 0.6) is 0 Å². The second-order valence-electron chi connectivity index (χ2n) is 5.14. The minimum Gasteiger partial charge on any atom is -0.378 e. The Labute approximate surface area is 152 Å². The highest BCUT2D eigenvalue weighted by Gasteiger charge is 2.39. The number of aromatic nitrogens is 3. The van der Waals surface area contributed by atoms with Crippen molar-refractivity contribution in [3.63, 3.8) is 0 Å². The van der Waals surface area contributed by atoms with Gasteiger partial charge in [-0.05, 0) is 28.1 Å². The monoisotopic (exact) mass is 427 g/mol. The molecule has 0 amide bonds. The lowest BCUT2D eigenvalue weighted by molar-refractivity contribution is -0.384. The van der Waals surface area contributed by atoms with E-state index in [1.807, 2.05) is 0 Å². The number of nitrogen functional groups attached to an aromatic ring is 1. The predicted molar refractivity (Wildman–Crippen MR) is 90.6 cm³/mol. The Morgan fingerprint density at radius 1 is 1.23 bits per heavy atom. The van der Waals surface area contributed by atoms with Crippen molar-refractivity contribution in [2.45, 2.75) is 6.18 Å². The molecule has 0 spiro atoms. The molecule has 26 heavy (non-hydrogen) atoms. The Bertz CT molecular complexity index is 989. The largest absolute Gasteiger partial charge is 0.436 e. The molecule has 0 radical (unpaired) electrons. The lowest BCUT2D eigenvalue weighted by atomic mass is 10.1. The SMILES string of the molecule is Nc1ncc(-c2c(Br)c(C(F)(F)F)nn2-c2ccccc2)cc1[N+](=O)[O-]. The van der Waals surface area contributed by atoms with Gasteiger partial charge in [-0.1, -0.05) is 18.2 Å². The first-order chi connectivity index (χ1) is 12.2. The summed E-state index contributed by atoms with van der Waals surface area (Å²) in [6.45, 7) is 0. The molecule has 0 bridgehead atoms. The summed E-state index contributed by atoms with van der Waals surface area (Å²) < 4.78 is 40.6. The number of rotatable bonds is 3. The van der Waals surface area contributed by atoms with Crippen LogP contribution in [0.2, 0.25) is 0 Å². The fourth-order valence-corrected chi connectivity index (χ4v) is 3.03. The molecule has 2 heterocycles. The van der Waals surface area contributed by atoms with Crippen molar-refractivity contribution in [1.29, 1.82) is 0 Å². The molecule has 0 atom stereocenters. The highest BCUT2D eigenvalue weighted by molar-refractivity contribution is 9.10. The first-order valence-corrected chi connectivity index (χ1v) is 7.81. The van der Waals surface area contributed by atoms with Crippen molar-refractivity contribution < 1.29 is 18.1 Å². The highest BCUT2D eigenvalue weighted by Crippen LogP contribution is 2.41. The van der Waals surface area contributed by atoms with Crippen LogP contribution in [0, 0.1) is 10.1 Å². The Morgan fingerprint density at radius 3 is 2.46 bits per heavy atom. The fraction of sp³-hybridized carbons (Fsp3) is 0.0667. The zero-order chi connectivity index (χ0) is 19.1. The van der Waals surface area contributed by atoms with Crippen LogP contribution in [0.25, 0.3) is 16.9 Å². The van der Waals surface area contributed by atoms with Gasteiger partial charge in [0.05, 0.1) is 20.8 Å². The molecule has 0 saturated heterocycles. The van der Waals surface area contributed by atoms with Gasteiger partial charge in [0, 0.05) is 17.8 Å². The zero-order valence-electron chi connectivity index (χ0n) is 12.7. The van der Waals surface area contributed by atoms with Gasteiger partial charge in [0.1, 0.15) is 0 Å². The second kappa shape index (κ2) is 6.41. The van der Waals surface area contributed by atoms with Gasteiger partial charge in [0.15, 0.2) is 5.69 Å². The number of hydrogen-bond donors (Lipinski definition) is 1. The van der Waals surface area contributed by atoms with Gasteiger partial charge in [-0.2, -0.15) is 18.3 Å². The lowest BCUT2D eigenvalue weighted by Crippen LogP contribution is -2.08. The summed E-state index contributed by atoms with van der Waals surface area (Å²) in [6, 6.07) is 9.13. The molecule has 134 valence electrons. The molecular weight excluding hydrogens is 419 g/mol.